The molecule has 12 heavy (non-hydrogen) atoms. The molecule has 0 saturated heterocycles. The predicted molar refractivity (Wildman–Crippen MR) is 41.6 cm³/mol. The lowest BCUT2D eigenvalue weighted by Crippen LogP contribution is -2.21. The highest BCUT2D eigenvalue weighted by Gasteiger charge is 2.29. The summed E-state index contributed by atoms with van der Waals surface area (Å²) in [7, 11) is 0. The van der Waals surface area contributed by atoms with E-state index >= 15 is 0 Å². The topological polar surface area (TPSA) is 23.8 Å². The second-order valence-corrected chi connectivity index (χ2v) is 3.31. The van der Waals surface area contributed by atoms with Gasteiger partial charge in [-0.3, -0.25) is 0 Å². The Bertz CT molecular complexity index is 217. The van der Waals surface area contributed by atoms with Gasteiger partial charge in [-0.25, -0.2) is 8.78 Å². The molecular weight excluding hydrogens is 160 g/mol. The largest absolute Gasteiger partial charge is 0.241 e. The van der Waals surface area contributed by atoms with Crippen LogP contribution in [0.25, 0.3) is 0 Å². The van der Waals surface area contributed by atoms with E-state index in [0.29, 0.717) is 19.3 Å². The average Bonchev–Trinajstić information content (AvgIpc) is 2.03. The van der Waals surface area contributed by atoms with Gasteiger partial charge in [-0.1, -0.05) is 12.2 Å². The van der Waals surface area contributed by atoms with Crippen LogP contribution in [-0.2, 0) is 0 Å². The summed E-state index contributed by atoms with van der Waals surface area (Å²) in [6.45, 7) is 3.66. The summed E-state index contributed by atoms with van der Waals surface area (Å²) in [5.74, 6) is -0.888. The molecule has 0 N–H and O–H groups in total. The van der Waals surface area contributed by atoms with Gasteiger partial charge in [0.2, 0.25) is 6.43 Å². The van der Waals surface area contributed by atoms with Gasteiger partial charge >= 0.3 is 0 Å². The molecule has 0 spiro atoms. The highest BCUT2D eigenvalue weighted by atomic mass is 19.3. The van der Waals surface area contributed by atoms with Gasteiger partial charge in [-0.15, -0.1) is 0 Å². The van der Waals surface area contributed by atoms with Crippen molar-refractivity contribution in [3.05, 3.63) is 12.2 Å². The van der Waals surface area contributed by atoms with Crippen LogP contribution in [0.15, 0.2) is 12.2 Å². The van der Waals surface area contributed by atoms with Crippen LogP contribution in [-0.4, -0.2) is 6.43 Å². The van der Waals surface area contributed by atoms with E-state index in [2.05, 4.69) is 6.58 Å². The first-order valence-corrected chi connectivity index (χ1v) is 3.98. The fourth-order valence-electron chi connectivity index (χ4n) is 1.63. The van der Waals surface area contributed by atoms with Crippen molar-refractivity contribution in [2.75, 3.05) is 0 Å². The quantitative estimate of drug-likeness (QED) is 0.556. The minimum absolute atomic E-state index is 0.245. The van der Waals surface area contributed by atoms with Crippen LogP contribution in [0.5, 0.6) is 0 Å². The Labute approximate surface area is 70.7 Å². The zero-order valence-corrected chi connectivity index (χ0v) is 6.76. The lowest BCUT2D eigenvalue weighted by Gasteiger charge is -2.26. The number of alkyl halides is 2. The summed E-state index contributed by atoms with van der Waals surface area (Å²) >= 11 is 0. The van der Waals surface area contributed by atoms with E-state index in [1.165, 1.54) is 0 Å². The Balaban J connectivity index is 2.58. The predicted octanol–water partition coefficient (Wildman–Crippen LogP) is 2.75. The van der Waals surface area contributed by atoms with Crippen LogP contribution in [0.3, 0.4) is 0 Å². The van der Waals surface area contributed by atoms with Gasteiger partial charge in [0.1, 0.15) is 0 Å². The number of rotatable bonds is 1. The Morgan fingerprint density at radius 3 is 2.67 bits per heavy atom. The summed E-state index contributed by atoms with van der Waals surface area (Å²) in [5.41, 5.74) is 0.790. The number of nitriles is 1. The van der Waals surface area contributed by atoms with Crippen molar-refractivity contribution in [1.82, 2.24) is 0 Å². The van der Waals surface area contributed by atoms with Crippen LogP contribution in [0.4, 0.5) is 8.78 Å². The highest BCUT2D eigenvalue weighted by Crippen LogP contribution is 2.34. The molecule has 1 saturated carbocycles. The third-order valence-corrected chi connectivity index (χ3v) is 2.21. The zero-order chi connectivity index (χ0) is 9.14. The first-order valence-electron chi connectivity index (χ1n) is 3.98. The minimum Gasteiger partial charge on any atom is -0.210 e. The number of halogens is 2. The molecule has 66 valence electrons. The Hall–Kier alpha value is -0.910. The maximum absolute atomic E-state index is 12.3. The van der Waals surface area contributed by atoms with E-state index in [1.54, 1.807) is 0 Å². The summed E-state index contributed by atoms with van der Waals surface area (Å²) in [5, 5.41) is 8.57. The number of hydrogen-bond acceptors (Lipinski definition) is 1. The van der Waals surface area contributed by atoms with Crippen molar-refractivity contribution in [2.24, 2.45) is 11.8 Å². The van der Waals surface area contributed by atoms with Crippen LogP contribution >= 0.6 is 0 Å². The molecule has 0 amide bonds. The third-order valence-electron chi connectivity index (χ3n) is 2.21. The molecule has 2 atom stereocenters. The molecule has 1 fully saturated rings. The van der Waals surface area contributed by atoms with Crippen LogP contribution in [0, 0.1) is 23.2 Å². The monoisotopic (exact) mass is 171 g/mol. The standard InChI is InChI=1S/C9H11F2N/c1-6-2-7(5-12)4-8(3-6)9(10)11/h7-9H,1-4H2. The van der Waals surface area contributed by atoms with E-state index in [0.717, 1.165) is 5.57 Å². The molecule has 2 unspecified atom stereocenters. The molecule has 0 aromatic heterocycles. The smallest absolute Gasteiger partial charge is 0.210 e. The lowest BCUT2D eigenvalue weighted by molar-refractivity contribution is 0.0594. The van der Waals surface area contributed by atoms with Crippen molar-refractivity contribution in [3.8, 4) is 6.07 Å². The van der Waals surface area contributed by atoms with E-state index < -0.39 is 12.3 Å². The first kappa shape index (κ1) is 9.18. The fourth-order valence-corrected chi connectivity index (χ4v) is 1.63. The van der Waals surface area contributed by atoms with Crippen molar-refractivity contribution in [1.29, 1.82) is 5.26 Å². The molecule has 0 aromatic carbocycles. The Morgan fingerprint density at radius 1 is 1.50 bits per heavy atom. The molecule has 1 nitrogen and oxygen atoms in total. The summed E-state index contributed by atoms with van der Waals surface area (Å²) in [4.78, 5) is 0. The SMILES string of the molecule is C=C1CC(C#N)CC(C(F)F)C1. The van der Waals surface area contributed by atoms with Gasteiger partial charge in [0, 0.05) is 5.92 Å². The number of hydrogen-bond donors (Lipinski definition) is 0. The third kappa shape index (κ3) is 2.04. The van der Waals surface area contributed by atoms with Crippen LogP contribution < -0.4 is 0 Å². The van der Waals surface area contributed by atoms with Gasteiger partial charge in [-0.05, 0) is 19.3 Å². The van der Waals surface area contributed by atoms with Gasteiger partial charge in [0.05, 0.1) is 12.0 Å². The van der Waals surface area contributed by atoms with Gasteiger partial charge in [0.15, 0.2) is 0 Å². The van der Waals surface area contributed by atoms with Gasteiger partial charge in [0.25, 0.3) is 0 Å². The van der Waals surface area contributed by atoms with Gasteiger partial charge < -0.3 is 0 Å². The second-order valence-electron chi connectivity index (χ2n) is 3.31. The van der Waals surface area contributed by atoms with Crippen LogP contribution in [0.2, 0.25) is 0 Å². The van der Waals surface area contributed by atoms with Crippen molar-refractivity contribution in [3.63, 3.8) is 0 Å². The van der Waals surface area contributed by atoms with Crippen molar-refractivity contribution >= 4 is 0 Å². The molecule has 0 aromatic rings. The van der Waals surface area contributed by atoms with Gasteiger partial charge in [-0.2, -0.15) is 5.26 Å². The number of nitrogens with zero attached hydrogens (tertiary/aromatic N) is 1. The normalized spacial score (nSPS) is 30.3. The highest BCUT2D eigenvalue weighted by molar-refractivity contribution is 5.07. The molecule has 0 aliphatic heterocycles. The van der Waals surface area contributed by atoms with Crippen LogP contribution in [0.1, 0.15) is 19.3 Å². The molecule has 1 rings (SSSR count). The summed E-state index contributed by atoms with van der Waals surface area (Å²) in [6, 6.07) is 2.02. The van der Waals surface area contributed by atoms with Crippen molar-refractivity contribution in [2.45, 2.75) is 25.7 Å². The molecular formula is C9H11F2N. The summed E-state index contributed by atoms with van der Waals surface area (Å²) in [6.07, 6.45) is -0.999. The molecule has 1 aliphatic carbocycles. The fraction of sp³-hybridized carbons (Fsp3) is 0.667. The molecule has 0 heterocycles. The average molecular weight is 171 g/mol. The lowest BCUT2D eigenvalue weighted by atomic mass is 9.80. The molecule has 3 heteroatoms. The van der Waals surface area contributed by atoms with E-state index in [4.69, 9.17) is 5.26 Å². The molecule has 0 bridgehead atoms. The maximum Gasteiger partial charge on any atom is 0.241 e. The van der Waals surface area contributed by atoms with E-state index in [1.807, 2.05) is 6.07 Å². The van der Waals surface area contributed by atoms with E-state index in [9.17, 15) is 8.78 Å². The Kier molecular flexibility index (Phi) is 2.80. The molecule has 1 aliphatic rings. The number of allylic oxidation sites excluding steroid dienone is 1. The van der Waals surface area contributed by atoms with Crippen molar-refractivity contribution < 1.29 is 8.78 Å². The zero-order valence-electron chi connectivity index (χ0n) is 6.76. The first-order chi connectivity index (χ1) is 5.63. The van der Waals surface area contributed by atoms with E-state index in [-0.39, 0.29) is 5.92 Å². The second kappa shape index (κ2) is 3.66. The molecule has 0 radical (unpaired) electrons. The minimum atomic E-state index is -2.31. The summed E-state index contributed by atoms with van der Waals surface area (Å²) < 4.78 is 24.5. The maximum atomic E-state index is 12.3. The Morgan fingerprint density at radius 2 is 2.17 bits per heavy atom.